The van der Waals surface area contributed by atoms with Crippen molar-refractivity contribution in [2.75, 3.05) is 29.7 Å². The van der Waals surface area contributed by atoms with Crippen LogP contribution in [0.1, 0.15) is 29.8 Å². The molecule has 0 unspecified atom stereocenters. The van der Waals surface area contributed by atoms with E-state index in [0.29, 0.717) is 24.9 Å². The highest BCUT2D eigenvalue weighted by Crippen LogP contribution is 2.29. The molecule has 0 amide bonds. The van der Waals surface area contributed by atoms with Gasteiger partial charge in [0.25, 0.3) is 0 Å². The van der Waals surface area contributed by atoms with E-state index < -0.39 is 10.0 Å². The van der Waals surface area contributed by atoms with Crippen LogP contribution < -0.4 is 14.9 Å². The van der Waals surface area contributed by atoms with Gasteiger partial charge in [0.2, 0.25) is 15.9 Å². The summed E-state index contributed by atoms with van der Waals surface area (Å²) in [5, 5.41) is 6.19. The number of aryl methyl sites for hydroxylation is 2. The smallest absolute Gasteiger partial charge is 0.236 e. The maximum Gasteiger partial charge on any atom is 0.236 e. The Hall–Kier alpha value is -2.55. The molecule has 0 radical (unpaired) electrons. The monoisotopic (exact) mass is 405 g/mol. The SMILES string of the molecule is CCNC(=NCc1nc(C)c(C)o1)NCCS(=O)(=O)N1CCc2ccccc21. The number of anilines is 1. The van der Waals surface area contributed by atoms with Gasteiger partial charge in [0.15, 0.2) is 5.96 Å². The molecule has 0 saturated heterocycles. The molecule has 8 nitrogen and oxygen atoms in total. The van der Waals surface area contributed by atoms with Crippen molar-refractivity contribution in [1.82, 2.24) is 15.6 Å². The Bertz CT molecular complexity index is 933. The van der Waals surface area contributed by atoms with Crippen LogP contribution in [0.3, 0.4) is 0 Å². The molecule has 0 atom stereocenters. The van der Waals surface area contributed by atoms with Crippen molar-refractivity contribution in [1.29, 1.82) is 0 Å². The molecule has 0 saturated carbocycles. The average molecular weight is 406 g/mol. The number of hydrogen-bond acceptors (Lipinski definition) is 5. The number of para-hydroxylation sites is 1. The molecule has 0 bridgehead atoms. The fourth-order valence-corrected chi connectivity index (χ4v) is 4.53. The lowest BCUT2D eigenvalue weighted by Gasteiger charge is -2.20. The fraction of sp³-hybridized carbons (Fsp3) is 0.474. The quantitative estimate of drug-likeness (QED) is 0.538. The molecule has 28 heavy (non-hydrogen) atoms. The van der Waals surface area contributed by atoms with E-state index in [4.69, 9.17) is 4.42 Å². The van der Waals surface area contributed by atoms with Crippen molar-refractivity contribution >= 4 is 21.7 Å². The number of benzene rings is 1. The number of rotatable bonds is 7. The van der Waals surface area contributed by atoms with Crippen LogP contribution in [0.15, 0.2) is 33.7 Å². The second-order valence-electron chi connectivity index (χ2n) is 6.64. The lowest BCUT2D eigenvalue weighted by atomic mass is 10.2. The molecule has 152 valence electrons. The van der Waals surface area contributed by atoms with Crippen molar-refractivity contribution in [3.63, 3.8) is 0 Å². The fourth-order valence-electron chi connectivity index (χ4n) is 3.10. The summed E-state index contributed by atoms with van der Waals surface area (Å²) in [4.78, 5) is 8.72. The Balaban J connectivity index is 1.59. The van der Waals surface area contributed by atoms with Gasteiger partial charge in [-0.15, -0.1) is 0 Å². The van der Waals surface area contributed by atoms with Crippen molar-refractivity contribution in [2.45, 2.75) is 33.7 Å². The third-order valence-electron chi connectivity index (χ3n) is 4.62. The molecule has 2 aromatic rings. The molecule has 1 aliphatic rings. The number of nitrogens with one attached hydrogen (secondary N) is 2. The van der Waals surface area contributed by atoms with E-state index in [0.717, 1.165) is 29.1 Å². The van der Waals surface area contributed by atoms with Gasteiger partial charge in [0, 0.05) is 19.6 Å². The number of nitrogens with zero attached hydrogens (tertiary/aromatic N) is 3. The highest BCUT2D eigenvalue weighted by Gasteiger charge is 2.28. The van der Waals surface area contributed by atoms with Gasteiger partial charge in [-0.25, -0.2) is 18.4 Å². The van der Waals surface area contributed by atoms with Crippen molar-refractivity contribution in [3.05, 3.63) is 47.2 Å². The van der Waals surface area contributed by atoms with E-state index in [2.05, 4.69) is 20.6 Å². The zero-order chi connectivity index (χ0) is 20.1. The van der Waals surface area contributed by atoms with Gasteiger partial charge in [-0.3, -0.25) is 4.31 Å². The first-order valence-electron chi connectivity index (χ1n) is 9.44. The first-order valence-corrected chi connectivity index (χ1v) is 11.0. The normalized spacial score (nSPS) is 14.2. The Morgan fingerprint density at radius 1 is 1.29 bits per heavy atom. The Morgan fingerprint density at radius 2 is 2.07 bits per heavy atom. The molecule has 1 aromatic heterocycles. The maximum atomic E-state index is 12.8. The number of hydrogen-bond donors (Lipinski definition) is 2. The van der Waals surface area contributed by atoms with Crippen LogP contribution in [0.4, 0.5) is 5.69 Å². The zero-order valence-electron chi connectivity index (χ0n) is 16.5. The van der Waals surface area contributed by atoms with Gasteiger partial charge < -0.3 is 15.1 Å². The number of guanidine groups is 1. The van der Waals surface area contributed by atoms with E-state index >= 15 is 0 Å². The summed E-state index contributed by atoms with van der Waals surface area (Å²) in [5.74, 6) is 1.84. The van der Waals surface area contributed by atoms with Crippen LogP contribution >= 0.6 is 0 Å². The third-order valence-corrected chi connectivity index (χ3v) is 6.39. The largest absolute Gasteiger partial charge is 0.444 e. The van der Waals surface area contributed by atoms with Gasteiger partial charge >= 0.3 is 0 Å². The molecule has 0 fully saturated rings. The number of fused-ring (bicyclic) bond motifs is 1. The van der Waals surface area contributed by atoms with Crippen molar-refractivity contribution in [2.24, 2.45) is 4.99 Å². The van der Waals surface area contributed by atoms with Gasteiger partial charge in [0.05, 0.1) is 17.1 Å². The van der Waals surface area contributed by atoms with E-state index in [-0.39, 0.29) is 18.8 Å². The van der Waals surface area contributed by atoms with Gasteiger partial charge in [-0.05, 0) is 38.8 Å². The van der Waals surface area contributed by atoms with E-state index in [1.165, 1.54) is 4.31 Å². The third kappa shape index (κ3) is 4.64. The van der Waals surface area contributed by atoms with Gasteiger partial charge in [0.1, 0.15) is 12.3 Å². The second-order valence-corrected chi connectivity index (χ2v) is 8.65. The summed E-state index contributed by atoms with van der Waals surface area (Å²) in [6, 6.07) is 7.64. The molecule has 0 spiro atoms. The van der Waals surface area contributed by atoms with Gasteiger partial charge in [-0.1, -0.05) is 18.2 Å². The molecular weight excluding hydrogens is 378 g/mol. The summed E-state index contributed by atoms with van der Waals surface area (Å²) in [6.07, 6.45) is 0.752. The first-order chi connectivity index (χ1) is 13.4. The summed E-state index contributed by atoms with van der Waals surface area (Å²) >= 11 is 0. The van der Waals surface area contributed by atoms with Crippen LogP contribution in [0.2, 0.25) is 0 Å². The Labute approximate surface area is 166 Å². The predicted octanol–water partition coefficient (Wildman–Crippen LogP) is 1.74. The van der Waals surface area contributed by atoms with Crippen molar-refractivity contribution < 1.29 is 12.8 Å². The average Bonchev–Trinajstić information content (AvgIpc) is 3.23. The summed E-state index contributed by atoms with van der Waals surface area (Å²) in [5.41, 5.74) is 2.71. The minimum absolute atomic E-state index is 0.0109. The molecular formula is C19H27N5O3S. The van der Waals surface area contributed by atoms with E-state index in [9.17, 15) is 8.42 Å². The molecule has 2 N–H and O–H groups in total. The Kier molecular flexibility index (Phi) is 6.23. The molecule has 1 aliphatic heterocycles. The Morgan fingerprint density at radius 3 is 2.79 bits per heavy atom. The molecule has 3 rings (SSSR count). The minimum Gasteiger partial charge on any atom is -0.444 e. The first kappa shape index (κ1) is 20.2. The number of oxazole rings is 1. The molecule has 9 heteroatoms. The zero-order valence-corrected chi connectivity index (χ0v) is 17.3. The maximum absolute atomic E-state index is 12.8. The highest BCUT2D eigenvalue weighted by molar-refractivity contribution is 7.92. The minimum atomic E-state index is -3.40. The van der Waals surface area contributed by atoms with Crippen LogP contribution in [-0.2, 0) is 23.0 Å². The van der Waals surface area contributed by atoms with E-state index in [1.807, 2.05) is 45.0 Å². The van der Waals surface area contributed by atoms with Gasteiger partial charge in [-0.2, -0.15) is 0 Å². The number of sulfonamides is 1. The molecule has 1 aromatic carbocycles. The predicted molar refractivity (Wildman–Crippen MR) is 110 cm³/mol. The number of aromatic nitrogens is 1. The lowest BCUT2D eigenvalue weighted by Crippen LogP contribution is -2.42. The van der Waals surface area contributed by atoms with Crippen LogP contribution in [0.25, 0.3) is 0 Å². The summed E-state index contributed by atoms with van der Waals surface area (Å²) in [6.45, 7) is 7.42. The topological polar surface area (TPSA) is 99.8 Å². The van der Waals surface area contributed by atoms with Crippen molar-refractivity contribution in [3.8, 4) is 0 Å². The molecule has 2 heterocycles. The standard InChI is InChI=1S/C19H27N5O3S/c1-4-20-19(22-13-18-23-14(2)15(3)27-18)21-10-12-28(25,26)24-11-9-16-7-5-6-8-17(16)24/h5-8H,4,9-13H2,1-3H3,(H2,20,21,22). The van der Waals surface area contributed by atoms with E-state index in [1.54, 1.807) is 0 Å². The van der Waals surface area contributed by atoms with Crippen LogP contribution in [0.5, 0.6) is 0 Å². The summed E-state index contributed by atoms with van der Waals surface area (Å²) < 4.78 is 32.5. The lowest BCUT2D eigenvalue weighted by molar-refractivity contribution is 0.473. The van der Waals surface area contributed by atoms with Crippen LogP contribution in [-0.4, -0.2) is 44.7 Å². The van der Waals surface area contributed by atoms with Crippen LogP contribution in [0, 0.1) is 13.8 Å². The summed E-state index contributed by atoms with van der Waals surface area (Å²) in [7, 11) is -3.40. The highest BCUT2D eigenvalue weighted by atomic mass is 32.2. The molecule has 0 aliphatic carbocycles. The number of aliphatic imine (C=N–C) groups is 1. The second kappa shape index (κ2) is 8.64.